The molecule has 1 amide bonds. The number of nitrogens with zero attached hydrogens (tertiary/aromatic N) is 3. The van der Waals surface area contributed by atoms with Crippen molar-refractivity contribution in [2.24, 2.45) is 0 Å². The van der Waals surface area contributed by atoms with Gasteiger partial charge in [-0.05, 0) is 68.6 Å². The van der Waals surface area contributed by atoms with E-state index < -0.39 is 0 Å². The average Bonchev–Trinajstić information content (AvgIpc) is 3.32. The standard InChI is InChI=1S/C23H26N4OS/c1-15-6-4-7-19(12-15)22-24-25-23(29)27(22)14-21(28)26-11-5-8-20(26)18-10-9-16(2)17(3)13-18/h4,6-7,9-10,12-13,20H,5,8,11,14H2,1-3H3,(H,25,29)/t20-/m1/s1. The molecule has 150 valence electrons. The molecule has 1 fully saturated rings. The van der Waals surface area contributed by atoms with Crippen molar-refractivity contribution in [2.45, 2.75) is 46.2 Å². The largest absolute Gasteiger partial charge is 0.334 e. The van der Waals surface area contributed by atoms with E-state index in [0.29, 0.717) is 10.6 Å². The molecule has 0 spiro atoms. The van der Waals surface area contributed by atoms with Crippen LogP contribution < -0.4 is 0 Å². The number of aromatic amines is 1. The third kappa shape index (κ3) is 3.90. The van der Waals surface area contributed by atoms with E-state index in [0.717, 1.165) is 30.5 Å². The van der Waals surface area contributed by atoms with Gasteiger partial charge < -0.3 is 4.90 Å². The van der Waals surface area contributed by atoms with Gasteiger partial charge >= 0.3 is 0 Å². The lowest BCUT2D eigenvalue weighted by molar-refractivity contribution is -0.132. The molecule has 1 aromatic heterocycles. The lowest BCUT2D eigenvalue weighted by Gasteiger charge is -2.26. The predicted molar refractivity (Wildman–Crippen MR) is 117 cm³/mol. The zero-order valence-electron chi connectivity index (χ0n) is 17.1. The van der Waals surface area contributed by atoms with Gasteiger partial charge in [-0.25, -0.2) is 0 Å². The zero-order valence-corrected chi connectivity index (χ0v) is 17.9. The van der Waals surface area contributed by atoms with E-state index in [4.69, 9.17) is 12.2 Å². The maximum atomic E-state index is 13.3. The second-order valence-electron chi connectivity index (χ2n) is 7.90. The molecule has 1 aliphatic heterocycles. The molecular weight excluding hydrogens is 380 g/mol. The Morgan fingerprint density at radius 2 is 2.00 bits per heavy atom. The van der Waals surface area contributed by atoms with Gasteiger partial charge in [0, 0.05) is 12.1 Å². The molecule has 0 saturated carbocycles. The second kappa shape index (κ2) is 7.95. The Labute approximate surface area is 176 Å². The van der Waals surface area contributed by atoms with Gasteiger partial charge in [0.1, 0.15) is 6.54 Å². The number of aromatic nitrogens is 3. The minimum absolute atomic E-state index is 0.0807. The van der Waals surface area contributed by atoms with E-state index in [2.05, 4.69) is 48.3 Å². The monoisotopic (exact) mass is 406 g/mol. The van der Waals surface area contributed by atoms with Crippen LogP contribution in [0.5, 0.6) is 0 Å². The minimum atomic E-state index is 0.0807. The number of hydrogen-bond acceptors (Lipinski definition) is 3. The molecule has 2 heterocycles. The van der Waals surface area contributed by atoms with Gasteiger partial charge in [-0.2, -0.15) is 5.10 Å². The summed E-state index contributed by atoms with van der Waals surface area (Å²) in [6.45, 7) is 7.25. The maximum absolute atomic E-state index is 13.3. The van der Waals surface area contributed by atoms with E-state index >= 15 is 0 Å². The number of likely N-dealkylation sites (tertiary alicyclic amines) is 1. The van der Waals surface area contributed by atoms with Crippen molar-refractivity contribution in [2.75, 3.05) is 6.54 Å². The molecule has 6 heteroatoms. The summed E-state index contributed by atoms with van der Waals surface area (Å²) >= 11 is 5.43. The van der Waals surface area contributed by atoms with Crippen LogP contribution in [0.2, 0.25) is 0 Å². The average molecular weight is 407 g/mol. The molecule has 0 unspecified atom stereocenters. The minimum Gasteiger partial charge on any atom is -0.334 e. The number of hydrogen-bond donors (Lipinski definition) is 1. The molecule has 5 nitrogen and oxygen atoms in total. The number of rotatable bonds is 4. The molecule has 1 aliphatic rings. The smallest absolute Gasteiger partial charge is 0.243 e. The highest BCUT2D eigenvalue weighted by atomic mass is 32.1. The van der Waals surface area contributed by atoms with Gasteiger partial charge in [0.15, 0.2) is 10.6 Å². The molecule has 0 bridgehead atoms. The molecular formula is C23H26N4OS. The Morgan fingerprint density at radius 3 is 2.76 bits per heavy atom. The summed E-state index contributed by atoms with van der Waals surface area (Å²) in [6.07, 6.45) is 2.01. The van der Waals surface area contributed by atoms with Crippen molar-refractivity contribution < 1.29 is 4.79 Å². The first-order valence-corrected chi connectivity index (χ1v) is 10.4. The molecule has 1 atom stereocenters. The summed E-state index contributed by atoms with van der Waals surface area (Å²) in [4.78, 5) is 15.3. The van der Waals surface area contributed by atoms with Crippen molar-refractivity contribution in [3.05, 3.63) is 69.5 Å². The molecule has 4 rings (SSSR count). The number of aryl methyl sites for hydroxylation is 3. The van der Waals surface area contributed by atoms with Crippen LogP contribution in [0.15, 0.2) is 42.5 Å². The van der Waals surface area contributed by atoms with Crippen LogP contribution in [0.3, 0.4) is 0 Å². The number of carbonyl (C=O) groups excluding carboxylic acids is 1. The van der Waals surface area contributed by atoms with Crippen molar-refractivity contribution in [1.29, 1.82) is 0 Å². The molecule has 0 aliphatic carbocycles. The first kappa shape index (κ1) is 19.6. The number of amides is 1. The van der Waals surface area contributed by atoms with Gasteiger partial charge in [0.25, 0.3) is 0 Å². The van der Waals surface area contributed by atoms with Gasteiger partial charge in [0.2, 0.25) is 5.91 Å². The highest BCUT2D eigenvalue weighted by Gasteiger charge is 2.30. The molecule has 1 saturated heterocycles. The molecule has 3 aromatic rings. The first-order chi connectivity index (χ1) is 13.9. The zero-order chi connectivity index (χ0) is 20.5. The maximum Gasteiger partial charge on any atom is 0.243 e. The number of nitrogens with one attached hydrogen (secondary N) is 1. The SMILES string of the molecule is Cc1cccc(-c2n[nH]c(=S)n2CC(=O)N2CCC[C@@H]2c2ccc(C)c(C)c2)c1. The normalized spacial score (nSPS) is 16.4. The van der Waals surface area contributed by atoms with Crippen LogP contribution in [0.1, 0.15) is 41.1 Å². The summed E-state index contributed by atoms with van der Waals surface area (Å²) in [5.74, 6) is 0.783. The summed E-state index contributed by atoms with van der Waals surface area (Å²) < 4.78 is 2.28. The molecule has 0 radical (unpaired) electrons. The second-order valence-corrected chi connectivity index (χ2v) is 8.28. The van der Waals surface area contributed by atoms with Gasteiger partial charge in [-0.15, -0.1) is 0 Å². The van der Waals surface area contributed by atoms with Crippen molar-refractivity contribution in [3.63, 3.8) is 0 Å². The van der Waals surface area contributed by atoms with Crippen molar-refractivity contribution in [3.8, 4) is 11.4 Å². The fourth-order valence-corrected chi connectivity index (χ4v) is 4.28. The van der Waals surface area contributed by atoms with E-state index in [1.807, 2.05) is 34.6 Å². The Balaban J connectivity index is 1.60. The summed E-state index contributed by atoms with van der Waals surface area (Å²) in [6, 6.07) is 14.7. The first-order valence-electron chi connectivity index (χ1n) is 10.0. The van der Waals surface area contributed by atoms with Crippen molar-refractivity contribution in [1.82, 2.24) is 19.7 Å². The topological polar surface area (TPSA) is 53.9 Å². The number of benzene rings is 2. The number of carbonyl (C=O) groups is 1. The van der Waals surface area contributed by atoms with Crippen LogP contribution in [-0.4, -0.2) is 32.1 Å². The Hall–Kier alpha value is -2.73. The third-order valence-corrected chi connectivity index (χ3v) is 6.13. The highest BCUT2D eigenvalue weighted by Crippen LogP contribution is 2.33. The van der Waals surface area contributed by atoms with E-state index in [1.165, 1.54) is 16.7 Å². The third-order valence-electron chi connectivity index (χ3n) is 5.82. The molecule has 29 heavy (non-hydrogen) atoms. The van der Waals surface area contributed by atoms with Crippen LogP contribution >= 0.6 is 12.2 Å². The quantitative estimate of drug-likeness (QED) is 0.627. The van der Waals surface area contributed by atoms with Crippen LogP contribution in [0, 0.1) is 25.5 Å². The van der Waals surface area contributed by atoms with Crippen LogP contribution in [0.25, 0.3) is 11.4 Å². The predicted octanol–water partition coefficient (Wildman–Crippen LogP) is 4.90. The van der Waals surface area contributed by atoms with E-state index in [-0.39, 0.29) is 18.5 Å². The number of H-pyrrole nitrogens is 1. The molecule has 2 aromatic carbocycles. The van der Waals surface area contributed by atoms with Gasteiger partial charge in [-0.3, -0.25) is 14.5 Å². The van der Waals surface area contributed by atoms with E-state index in [9.17, 15) is 4.79 Å². The fraction of sp³-hybridized carbons (Fsp3) is 0.348. The Bertz CT molecular complexity index is 1110. The summed E-state index contributed by atoms with van der Waals surface area (Å²) in [7, 11) is 0. The lowest BCUT2D eigenvalue weighted by Crippen LogP contribution is -2.33. The van der Waals surface area contributed by atoms with Crippen LogP contribution in [0.4, 0.5) is 0 Å². The molecule has 1 N–H and O–H groups in total. The van der Waals surface area contributed by atoms with Crippen LogP contribution in [-0.2, 0) is 11.3 Å². The van der Waals surface area contributed by atoms with Crippen molar-refractivity contribution >= 4 is 18.1 Å². The lowest BCUT2D eigenvalue weighted by atomic mass is 9.99. The fourth-order valence-electron chi connectivity index (χ4n) is 4.08. The summed E-state index contributed by atoms with van der Waals surface area (Å²) in [5, 5.41) is 7.23. The van der Waals surface area contributed by atoms with E-state index in [1.54, 1.807) is 0 Å². The highest BCUT2D eigenvalue weighted by molar-refractivity contribution is 7.71. The summed E-state index contributed by atoms with van der Waals surface area (Å²) in [5.41, 5.74) is 5.85. The Kier molecular flexibility index (Phi) is 5.37. The van der Waals surface area contributed by atoms with Gasteiger partial charge in [0.05, 0.1) is 6.04 Å². The Morgan fingerprint density at radius 1 is 1.17 bits per heavy atom. The van der Waals surface area contributed by atoms with Gasteiger partial charge in [-0.1, -0.05) is 42.0 Å².